The number of hydrogen-bond acceptors (Lipinski definition) is 5. The van der Waals surface area contributed by atoms with Crippen LogP contribution in [0.25, 0.3) is 0 Å². The standard InChI is InChI=1S/C15H15NO5/c1-19-14-3-2-4-15(11-14)21-10-9-20-13-7-5-12(6-8-13)16(17)18/h2-8,11H,9-10H2,1H3. The first-order chi connectivity index (χ1) is 10.2. The van der Waals surface area contributed by atoms with Gasteiger partial charge in [0.15, 0.2) is 0 Å². The molecule has 0 saturated carbocycles. The molecule has 0 aliphatic rings. The second-order valence-electron chi connectivity index (χ2n) is 4.13. The maximum atomic E-state index is 10.5. The molecule has 2 rings (SSSR count). The lowest BCUT2D eigenvalue weighted by Gasteiger charge is -2.09. The third kappa shape index (κ3) is 4.38. The van der Waals surface area contributed by atoms with E-state index in [1.54, 1.807) is 25.3 Å². The van der Waals surface area contributed by atoms with Crippen LogP contribution in [0.15, 0.2) is 48.5 Å². The molecule has 6 nitrogen and oxygen atoms in total. The van der Waals surface area contributed by atoms with E-state index in [-0.39, 0.29) is 5.69 Å². The molecular weight excluding hydrogens is 274 g/mol. The van der Waals surface area contributed by atoms with Crippen LogP contribution < -0.4 is 14.2 Å². The van der Waals surface area contributed by atoms with Crippen LogP contribution in [-0.4, -0.2) is 25.2 Å². The molecule has 0 spiro atoms. The van der Waals surface area contributed by atoms with Gasteiger partial charge in [-0.15, -0.1) is 0 Å². The molecule has 0 aromatic heterocycles. The van der Waals surface area contributed by atoms with Crippen LogP contribution in [0.5, 0.6) is 17.2 Å². The summed E-state index contributed by atoms with van der Waals surface area (Å²) >= 11 is 0. The lowest BCUT2D eigenvalue weighted by Crippen LogP contribution is -2.09. The van der Waals surface area contributed by atoms with Crippen molar-refractivity contribution in [1.82, 2.24) is 0 Å². The fourth-order valence-electron chi connectivity index (χ4n) is 1.67. The molecule has 0 unspecified atom stereocenters. The summed E-state index contributed by atoms with van der Waals surface area (Å²) in [4.78, 5) is 10.1. The van der Waals surface area contributed by atoms with Crippen molar-refractivity contribution in [3.8, 4) is 17.2 Å². The van der Waals surface area contributed by atoms with Gasteiger partial charge < -0.3 is 14.2 Å². The summed E-state index contributed by atoms with van der Waals surface area (Å²) in [6.45, 7) is 0.708. The van der Waals surface area contributed by atoms with E-state index >= 15 is 0 Å². The van der Waals surface area contributed by atoms with Crippen molar-refractivity contribution in [2.75, 3.05) is 20.3 Å². The van der Waals surface area contributed by atoms with Crippen molar-refractivity contribution in [3.05, 3.63) is 58.6 Å². The number of nitro groups is 1. The number of hydrogen-bond donors (Lipinski definition) is 0. The maximum Gasteiger partial charge on any atom is 0.269 e. The molecule has 2 aromatic rings. The van der Waals surface area contributed by atoms with Gasteiger partial charge in [-0.3, -0.25) is 10.1 Å². The Morgan fingerprint density at radius 1 is 0.952 bits per heavy atom. The molecular formula is C15H15NO5. The first kappa shape index (κ1) is 14.6. The third-order valence-electron chi connectivity index (χ3n) is 2.71. The molecule has 0 bridgehead atoms. The predicted molar refractivity (Wildman–Crippen MR) is 77.1 cm³/mol. The third-order valence-corrected chi connectivity index (χ3v) is 2.71. The summed E-state index contributed by atoms with van der Waals surface area (Å²) in [7, 11) is 1.59. The Balaban J connectivity index is 1.77. The van der Waals surface area contributed by atoms with Gasteiger partial charge in [0.2, 0.25) is 0 Å². The van der Waals surface area contributed by atoms with Gasteiger partial charge in [-0.05, 0) is 24.3 Å². The minimum absolute atomic E-state index is 0.0370. The quantitative estimate of drug-likeness (QED) is 0.445. The van der Waals surface area contributed by atoms with Gasteiger partial charge in [-0.1, -0.05) is 6.07 Å². The van der Waals surface area contributed by atoms with Gasteiger partial charge in [0.25, 0.3) is 5.69 Å². The zero-order valence-corrected chi connectivity index (χ0v) is 11.5. The van der Waals surface area contributed by atoms with Crippen molar-refractivity contribution in [3.63, 3.8) is 0 Å². The van der Waals surface area contributed by atoms with E-state index in [1.807, 2.05) is 18.2 Å². The molecule has 0 fully saturated rings. The molecule has 110 valence electrons. The number of benzene rings is 2. The van der Waals surface area contributed by atoms with Gasteiger partial charge in [0, 0.05) is 18.2 Å². The normalized spacial score (nSPS) is 9.95. The Morgan fingerprint density at radius 3 is 2.19 bits per heavy atom. The van der Waals surface area contributed by atoms with E-state index in [0.29, 0.717) is 24.7 Å². The van der Waals surface area contributed by atoms with Crippen LogP contribution in [0.2, 0.25) is 0 Å². The van der Waals surface area contributed by atoms with Gasteiger partial charge in [-0.25, -0.2) is 0 Å². The predicted octanol–water partition coefficient (Wildman–Crippen LogP) is 3.06. The summed E-state index contributed by atoms with van der Waals surface area (Å²) < 4.78 is 16.1. The highest BCUT2D eigenvalue weighted by Crippen LogP contribution is 2.19. The van der Waals surface area contributed by atoms with E-state index in [4.69, 9.17) is 14.2 Å². The Bertz CT molecular complexity index is 597. The molecule has 0 N–H and O–H groups in total. The Labute approximate surface area is 122 Å². The van der Waals surface area contributed by atoms with Crippen LogP contribution >= 0.6 is 0 Å². The maximum absolute atomic E-state index is 10.5. The Hall–Kier alpha value is -2.76. The number of rotatable bonds is 7. The summed E-state index contributed by atoms with van der Waals surface area (Å²) in [6, 6.07) is 13.2. The second-order valence-corrected chi connectivity index (χ2v) is 4.13. The molecule has 0 radical (unpaired) electrons. The highest BCUT2D eigenvalue weighted by atomic mass is 16.6. The largest absolute Gasteiger partial charge is 0.497 e. The molecule has 21 heavy (non-hydrogen) atoms. The average Bonchev–Trinajstić information content (AvgIpc) is 2.52. The lowest BCUT2D eigenvalue weighted by molar-refractivity contribution is -0.384. The topological polar surface area (TPSA) is 70.8 Å². The SMILES string of the molecule is COc1cccc(OCCOc2ccc([N+](=O)[O-])cc2)c1. The molecule has 0 aliphatic carbocycles. The van der Waals surface area contributed by atoms with E-state index in [1.165, 1.54) is 12.1 Å². The van der Waals surface area contributed by atoms with Gasteiger partial charge >= 0.3 is 0 Å². The van der Waals surface area contributed by atoms with Crippen molar-refractivity contribution in [2.24, 2.45) is 0 Å². The second kappa shape index (κ2) is 7.14. The van der Waals surface area contributed by atoms with E-state index in [9.17, 15) is 10.1 Å². The zero-order valence-electron chi connectivity index (χ0n) is 11.5. The summed E-state index contributed by atoms with van der Waals surface area (Å²) in [5.41, 5.74) is 0.0370. The number of nitro benzene ring substituents is 1. The van der Waals surface area contributed by atoms with Crippen LogP contribution in [0.4, 0.5) is 5.69 Å². The fraction of sp³-hybridized carbons (Fsp3) is 0.200. The minimum Gasteiger partial charge on any atom is -0.497 e. The van der Waals surface area contributed by atoms with Crippen LogP contribution in [0.1, 0.15) is 0 Å². The van der Waals surface area contributed by atoms with Crippen molar-refractivity contribution in [2.45, 2.75) is 0 Å². The first-order valence-corrected chi connectivity index (χ1v) is 6.33. The minimum atomic E-state index is -0.449. The van der Waals surface area contributed by atoms with E-state index in [0.717, 1.165) is 5.75 Å². The molecule has 0 atom stereocenters. The molecule has 2 aromatic carbocycles. The number of methoxy groups -OCH3 is 1. The monoisotopic (exact) mass is 289 g/mol. The first-order valence-electron chi connectivity index (χ1n) is 6.33. The zero-order chi connectivity index (χ0) is 15.1. The highest BCUT2D eigenvalue weighted by Gasteiger charge is 2.04. The van der Waals surface area contributed by atoms with Gasteiger partial charge in [0.1, 0.15) is 30.5 Å². The van der Waals surface area contributed by atoms with Crippen molar-refractivity contribution >= 4 is 5.69 Å². The van der Waals surface area contributed by atoms with Crippen LogP contribution in [-0.2, 0) is 0 Å². The molecule has 0 saturated heterocycles. The molecule has 6 heteroatoms. The number of nitrogens with zero attached hydrogens (tertiary/aromatic N) is 1. The van der Waals surface area contributed by atoms with Gasteiger partial charge in [0.05, 0.1) is 12.0 Å². The Kier molecular flexibility index (Phi) is 4.98. The molecule has 0 aliphatic heterocycles. The van der Waals surface area contributed by atoms with Crippen molar-refractivity contribution < 1.29 is 19.1 Å². The summed E-state index contributed by atoms with van der Waals surface area (Å²) in [5, 5.41) is 10.5. The Morgan fingerprint density at radius 2 is 1.57 bits per heavy atom. The molecule has 0 heterocycles. The van der Waals surface area contributed by atoms with Gasteiger partial charge in [-0.2, -0.15) is 0 Å². The van der Waals surface area contributed by atoms with Crippen LogP contribution in [0, 0.1) is 10.1 Å². The van der Waals surface area contributed by atoms with E-state index in [2.05, 4.69) is 0 Å². The smallest absolute Gasteiger partial charge is 0.269 e. The number of ether oxygens (including phenoxy) is 3. The highest BCUT2D eigenvalue weighted by molar-refractivity contribution is 5.36. The summed E-state index contributed by atoms with van der Waals surface area (Å²) in [5.74, 6) is 1.99. The van der Waals surface area contributed by atoms with E-state index < -0.39 is 4.92 Å². The number of non-ortho nitro benzene ring substituents is 1. The summed E-state index contributed by atoms with van der Waals surface area (Å²) in [6.07, 6.45) is 0. The average molecular weight is 289 g/mol. The molecule has 0 amide bonds. The van der Waals surface area contributed by atoms with Crippen molar-refractivity contribution in [1.29, 1.82) is 0 Å². The van der Waals surface area contributed by atoms with Crippen LogP contribution in [0.3, 0.4) is 0 Å². The lowest BCUT2D eigenvalue weighted by atomic mass is 10.3. The fourth-order valence-corrected chi connectivity index (χ4v) is 1.67.